The maximum atomic E-state index is 12.7. The molecule has 0 unspecified atom stereocenters. The van der Waals surface area contributed by atoms with Gasteiger partial charge in [-0.2, -0.15) is 0 Å². The normalized spacial score (nSPS) is 12.7. The van der Waals surface area contributed by atoms with Crippen LogP contribution < -0.4 is 11.1 Å². The summed E-state index contributed by atoms with van der Waals surface area (Å²) in [7, 11) is 0. The van der Waals surface area contributed by atoms with E-state index in [1.54, 1.807) is 17.3 Å². The molecular weight excluding hydrogens is 324 g/mol. The smallest absolute Gasteiger partial charge is 0.322 e. The lowest BCUT2D eigenvalue weighted by Gasteiger charge is -2.18. The van der Waals surface area contributed by atoms with E-state index in [0.29, 0.717) is 24.5 Å². The lowest BCUT2D eigenvalue weighted by Crippen LogP contribution is -2.30. The van der Waals surface area contributed by atoms with E-state index in [4.69, 9.17) is 5.73 Å². The van der Waals surface area contributed by atoms with Crippen LogP contribution in [0.5, 0.6) is 0 Å². The molecule has 1 aromatic heterocycles. The third-order valence-corrected chi connectivity index (χ3v) is 4.81. The molecule has 1 aliphatic heterocycles. The van der Waals surface area contributed by atoms with Gasteiger partial charge in [-0.15, -0.1) is 0 Å². The average Bonchev–Trinajstić information content (AvgIpc) is 3.10. The van der Waals surface area contributed by atoms with Crippen molar-refractivity contribution in [1.82, 2.24) is 9.88 Å². The first-order chi connectivity index (χ1) is 12.6. The van der Waals surface area contributed by atoms with Crippen molar-refractivity contribution in [3.05, 3.63) is 77.6 Å². The van der Waals surface area contributed by atoms with Gasteiger partial charge in [0.1, 0.15) is 0 Å². The lowest BCUT2D eigenvalue weighted by atomic mass is 10.1. The number of rotatable bonds is 2. The fraction of sp³-hybridized carbons (Fsp3) is 0.143. The average molecular weight is 344 g/mol. The van der Waals surface area contributed by atoms with Gasteiger partial charge in [-0.25, -0.2) is 4.79 Å². The molecule has 0 saturated heterocycles. The second kappa shape index (κ2) is 6.52. The zero-order valence-corrected chi connectivity index (χ0v) is 14.6. The number of nitrogen functional groups attached to an aromatic ring is 1. The third-order valence-electron chi connectivity index (χ3n) is 4.81. The summed E-state index contributed by atoms with van der Waals surface area (Å²) < 4.78 is 0. The number of carbonyl (C=O) groups is 1. The van der Waals surface area contributed by atoms with Crippen LogP contribution in [0.15, 0.2) is 60.9 Å². The van der Waals surface area contributed by atoms with Crippen molar-refractivity contribution in [2.75, 3.05) is 11.1 Å². The summed E-state index contributed by atoms with van der Waals surface area (Å²) in [6, 6.07) is 15.6. The Morgan fingerprint density at radius 2 is 1.88 bits per heavy atom. The highest BCUT2D eigenvalue weighted by atomic mass is 16.2. The molecule has 3 N–H and O–H groups in total. The van der Waals surface area contributed by atoms with Crippen LogP contribution in [0.1, 0.15) is 16.7 Å². The number of hydrogen-bond acceptors (Lipinski definition) is 3. The molecule has 1 aliphatic rings. The molecule has 5 nitrogen and oxygen atoms in total. The van der Waals surface area contributed by atoms with Crippen LogP contribution >= 0.6 is 0 Å². The van der Waals surface area contributed by atoms with Crippen LogP contribution in [0, 0.1) is 6.92 Å². The molecule has 26 heavy (non-hydrogen) atoms. The quantitative estimate of drug-likeness (QED) is 0.685. The van der Waals surface area contributed by atoms with Gasteiger partial charge < -0.3 is 16.0 Å². The van der Waals surface area contributed by atoms with E-state index in [1.807, 2.05) is 36.4 Å². The number of nitrogens with one attached hydrogen (secondary N) is 1. The van der Waals surface area contributed by atoms with Gasteiger partial charge in [0.05, 0.1) is 11.4 Å². The van der Waals surface area contributed by atoms with Gasteiger partial charge in [0, 0.05) is 25.5 Å². The Labute approximate surface area is 152 Å². The molecule has 0 spiro atoms. The number of amides is 2. The highest BCUT2D eigenvalue weighted by Gasteiger charge is 2.24. The first-order valence-corrected chi connectivity index (χ1v) is 8.55. The number of aryl methyl sites for hydroxylation is 1. The van der Waals surface area contributed by atoms with E-state index in [9.17, 15) is 4.79 Å². The first kappa shape index (κ1) is 16.1. The molecule has 2 aromatic carbocycles. The summed E-state index contributed by atoms with van der Waals surface area (Å²) in [6.45, 7) is 3.32. The topological polar surface area (TPSA) is 71.2 Å². The predicted molar refractivity (Wildman–Crippen MR) is 104 cm³/mol. The number of nitrogens with two attached hydrogens (primary N) is 1. The van der Waals surface area contributed by atoms with Crippen LogP contribution in [0.3, 0.4) is 0 Å². The number of hydrogen-bond donors (Lipinski definition) is 2. The van der Waals surface area contributed by atoms with Gasteiger partial charge in [-0.1, -0.05) is 24.3 Å². The molecular formula is C21H20N4O. The number of pyridine rings is 1. The van der Waals surface area contributed by atoms with Crippen LogP contribution in [0.25, 0.3) is 11.1 Å². The number of urea groups is 1. The first-order valence-electron chi connectivity index (χ1n) is 8.55. The van der Waals surface area contributed by atoms with Crippen LogP contribution in [-0.2, 0) is 13.1 Å². The molecule has 5 heteroatoms. The van der Waals surface area contributed by atoms with Crippen molar-refractivity contribution in [2.24, 2.45) is 0 Å². The summed E-state index contributed by atoms with van der Waals surface area (Å²) in [5, 5.41) is 2.96. The number of nitrogens with zero attached hydrogens (tertiary/aromatic N) is 2. The van der Waals surface area contributed by atoms with Gasteiger partial charge in [-0.3, -0.25) is 4.98 Å². The Kier molecular flexibility index (Phi) is 4.05. The maximum absolute atomic E-state index is 12.7. The minimum atomic E-state index is -0.140. The highest BCUT2D eigenvalue weighted by molar-refractivity contribution is 5.94. The predicted octanol–water partition coefficient (Wildman–Crippen LogP) is 4.19. The Balaban J connectivity index is 1.54. The van der Waals surface area contributed by atoms with Crippen molar-refractivity contribution in [1.29, 1.82) is 0 Å². The van der Waals surface area contributed by atoms with Crippen molar-refractivity contribution < 1.29 is 4.79 Å². The Morgan fingerprint density at radius 3 is 2.65 bits per heavy atom. The van der Waals surface area contributed by atoms with E-state index in [0.717, 1.165) is 11.1 Å². The van der Waals surface area contributed by atoms with Crippen LogP contribution in [0.4, 0.5) is 16.2 Å². The van der Waals surface area contributed by atoms with E-state index in [2.05, 4.69) is 29.4 Å². The van der Waals surface area contributed by atoms with E-state index < -0.39 is 0 Å². The lowest BCUT2D eigenvalue weighted by molar-refractivity contribution is 0.212. The maximum Gasteiger partial charge on any atom is 0.322 e. The van der Waals surface area contributed by atoms with Crippen LogP contribution in [0.2, 0.25) is 0 Å². The molecule has 4 rings (SSSR count). The minimum Gasteiger partial charge on any atom is -0.397 e. The highest BCUT2D eigenvalue weighted by Crippen LogP contribution is 2.29. The Bertz CT molecular complexity index is 969. The van der Waals surface area contributed by atoms with E-state index >= 15 is 0 Å². The van der Waals surface area contributed by atoms with Gasteiger partial charge in [0.25, 0.3) is 0 Å². The largest absolute Gasteiger partial charge is 0.397 e. The van der Waals surface area contributed by atoms with Gasteiger partial charge in [0.2, 0.25) is 0 Å². The second-order valence-corrected chi connectivity index (χ2v) is 6.54. The van der Waals surface area contributed by atoms with Gasteiger partial charge in [0.15, 0.2) is 0 Å². The summed E-state index contributed by atoms with van der Waals surface area (Å²) in [4.78, 5) is 18.6. The molecule has 2 amide bonds. The van der Waals surface area contributed by atoms with Crippen molar-refractivity contribution in [3.63, 3.8) is 0 Å². The van der Waals surface area contributed by atoms with Crippen molar-refractivity contribution >= 4 is 17.4 Å². The fourth-order valence-electron chi connectivity index (χ4n) is 3.32. The minimum absolute atomic E-state index is 0.140. The monoisotopic (exact) mass is 344 g/mol. The summed E-state index contributed by atoms with van der Waals surface area (Å²) in [6.07, 6.45) is 3.49. The van der Waals surface area contributed by atoms with E-state index in [1.165, 1.54) is 16.7 Å². The van der Waals surface area contributed by atoms with E-state index in [-0.39, 0.29) is 6.03 Å². The Morgan fingerprint density at radius 1 is 1.08 bits per heavy atom. The zero-order chi connectivity index (χ0) is 18.1. The summed E-state index contributed by atoms with van der Waals surface area (Å²) >= 11 is 0. The third kappa shape index (κ3) is 2.99. The summed E-state index contributed by atoms with van der Waals surface area (Å²) in [5.74, 6) is 0. The zero-order valence-electron chi connectivity index (χ0n) is 14.6. The number of anilines is 2. The molecule has 0 bridgehead atoms. The molecule has 0 fully saturated rings. The molecule has 0 aliphatic carbocycles. The number of aromatic nitrogens is 1. The molecule has 0 saturated carbocycles. The molecule has 0 atom stereocenters. The fourth-order valence-corrected chi connectivity index (χ4v) is 3.32. The van der Waals surface area contributed by atoms with Crippen molar-refractivity contribution in [2.45, 2.75) is 20.0 Å². The van der Waals surface area contributed by atoms with Crippen molar-refractivity contribution in [3.8, 4) is 11.1 Å². The molecule has 0 radical (unpaired) electrons. The van der Waals surface area contributed by atoms with Crippen LogP contribution in [-0.4, -0.2) is 15.9 Å². The van der Waals surface area contributed by atoms with Gasteiger partial charge in [-0.05, 0) is 59.0 Å². The molecule has 2 heterocycles. The second-order valence-electron chi connectivity index (χ2n) is 6.54. The van der Waals surface area contributed by atoms with Gasteiger partial charge >= 0.3 is 6.03 Å². The molecule has 3 aromatic rings. The summed E-state index contributed by atoms with van der Waals surface area (Å²) in [5.41, 5.74) is 12.9. The molecule has 130 valence electrons. The number of benzene rings is 2. The standard InChI is InChI=1S/C21H20N4O/c1-14-3-2-4-17-12-25(13-18(14)17)21(26)24-20-11-16(5-6-19(20)22)15-7-9-23-10-8-15/h2-11H,12-13,22H2,1H3,(H,24,26). The SMILES string of the molecule is Cc1cccc2c1CN(C(=O)Nc1cc(-c3ccncc3)ccc1N)C2. The Hall–Kier alpha value is -3.34. The number of fused-ring (bicyclic) bond motifs is 1. The number of carbonyl (C=O) groups excluding carboxylic acids is 1.